The molecule has 0 aliphatic heterocycles. The summed E-state index contributed by atoms with van der Waals surface area (Å²) in [6.45, 7) is 8.78. The average Bonchev–Trinajstić information content (AvgIpc) is 2.83. The molecule has 18 heavy (non-hydrogen) atoms. The summed E-state index contributed by atoms with van der Waals surface area (Å²) in [5, 5.41) is 3.45. The molecule has 1 atom stereocenters. The second-order valence-electron chi connectivity index (χ2n) is 5.17. The Labute approximate surface area is 112 Å². The van der Waals surface area contributed by atoms with Crippen LogP contribution in [-0.4, -0.2) is 16.1 Å². The molecule has 1 unspecified atom stereocenters. The molecular weight excluding hydrogens is 222 g/mol. The van der Waals surface area contributed by atoms with Crippen molar-refractivity contribution < 1.29 is 0 Å². The second kappa shape index (κ2) is 9.15. The molecule has 0 bridgehead atoms. The van der Waals surface area contributed by atoms with Crippen molar-refractivity contribution in [1.82, 2.24) is 14.9 Å². The molecule has 3 nitrogen and oxygen atoms in total. The Balaban J connectivity index is 2.36. The van der Waals surface area contributed by atoms with Crippen LogP contribution >= 0.6 is 0 Å². The second-order valence-corrected chi connectivity index (χ2v) is 5.17. The van der Waals surface area contributed by atoms with Gasteiger partial charge >= 0.3 is 0 Å². The summed E-state index contributed by atoms with van der Waals surface area (Å²) in [5.41, 5.74) is 1.31. The Morgan fingerprint density at radius 1 is 1.22 bits per heavy atom. The predicted octanol–water partition coefficient (Wildman–Crippen LogP) is 3.91. The van der Waals surface area contributed by atoms with E-state index in [9.17, 15) is 0 Å². The third kappa shape index (κ3) is 5.21. The van der Waals surface area contributed by atoms with Crippen LogP contribution in [-0.2, 0) is 6.54 Å². The van der Waals surface area contributed by atoms with Gasteiger partial charge in [0.25, 0.3) is 0 Å². The van der Waals surface area contributed by atoms with Crippen molar-refractivity contribution in [3.63, 3.8) is 0 Å². The van der Waals surface area contributed by atoms with E-state index in [1.807, 2.05) is 12.5 Å². The minimum Gasteiger partial charge on any atom is -0.331 e. The lowest BCUT2D eigenvalue weighted by Gasteiger charge is -2.16. The highest BCUT2D eigenvalue weighted by molar-refractivity contribution is 4.99. The van der Waals surface area contributed by atoms with Crippen LogP contribution in [0.4, 0.5) is 0 Å². The van der Waals surface area contributed by atoms with Crippen molar-refractivity contribution in [3.05, 3.63) is 18.2 Å². The van der Waals surface area contributed by atoms with Crippen molar-refractivity contribution >= 4 is 0 Å². The number of rotatable bonds is 10. The maximum Gasteiger partial charge on any atom is 0.0951 e. The summed E-state index contributed by atoms with van der Waals surface area (Å²) in [5.74, 6) is 0. The number of unbranched alkanes of at least 4 members (excludes halogenated alkanes) is 3. The summed E-state index contributed by atoms with van der Waals surface area (Å²) >= 11 is 0. The minimum atomic E-state index is 0.572. The Morgan fingerprint density at radius 2 is 2.06 bits per heavy atom. The van der Waals surface area contributed by atoms with Crippen molar-refractivity contribution in [1.29, 1.82) is 0 Å². The molecule has 1 rings (SSSR count). The quantitative estimate of drug-likeness (QED) is 0.639. The third-order valence-corrected chi connectivity index (χ3v) is 3.43. The van der Waals surface area contributed by atoms with E-state index >= 15 is 0 Å². The zero-order valence-corrected chi connectivity index (χ0v) is 12.3. The molecule has 1 heterocycles. The Hall–Kier alpha value is -0.830. The lowest BCUT2D eigenvalue weighted by atomic mass is 10.1. The standard InChI is InChI=1S/C15H29N3/c1-4-6-7-8-9-14(3)18-13-17-12-15(18)11-16-10-5-2/h12-14,16H,4-11H2,1-3H3. The van der Waals surface area contributed by atoms with Gasteiger partial charge in [0.2, 0.25) is 0 Å². The van der Waals surface area contributed by atoms with E-state index in [0.29, 0.717) is 6.04 Å². The molecule has 104 valence electrons. The Bertz CT molecular complexity index is 306. The Kier molecular flexibility index (Phi) is 7.74. The fraction of sp³-hybridized carbons (Fsp3) is 0.800. The molecule has 3 heteroatoms. The average molecular weight is 251 g/mol. The zero-order valence-electron chi connectivity index (χ0n) is 12.3. The molecule has 0 radical (unpaired) electrons. The number of nitrogens with one attached hydrogen (secondary N) is 1. The molecule has 1 N–H and O–H groups in total. The van der Waals surface area contributed by atoms with Gasteiger partial charge in [0.1, 0.15) is 0 Å². The molecule has 0 aromatic carbocycles. The summed E-state index contributed by atoms with van der Waals surface area (Å²) in [6, 6.07) is 0.572. The van der Waals surface area contributed by atoms with Gasteiger partial charge < -0.3 is 9.88 Å². The Morgan fingerprint density at radius 3 is 2.78 bits per heavy atom. The summed E-state index contributed by atoms with van der Waals surface area (Å²) in [6.07, 6.45) is 11.8. The van der Waals surface area contributed by atoms with Gasteiger partial charge in [-0.25, -0.2) is 4.98 Å². The topological polar surface area (TPSA) is 29.9 Å². The number of aromatic nitrogens is 2. The first-order valence-corrected chi connectivity index (χ1v) is 7.51. The first-order chi connectivity index (χ1) is 8.79. The molecule has 0 aliphatic carbocycles. The summed E-state index contributed by atoms with van der Waals surface area (Å²) in [7, 11) is 0. The van der Waals surface area contributed by atoms with Crippen LogP contribution in [0.1, 0.15) is 71.0 Å². The van der Waals surface area contributed by atoms with Gasteiger partial charge in [-0.05, 0) is 26.3 Å². The van der Waals surface area contributed by atoms with E-state index < -0.39 is 0 Å². The van der Waals surface area contributed by atoms with E-state index in [1.54, 1.807) is 0 Å². The maximum absolute atomic E-state index is 4.29. The first kappa shape index (κ1) is 15.2. The lowest BCUT2D eigenvalue weighted by molar-refractivity contribution is 0.455. The normalized spacial score (nSPS) is 12.8. The van der Waals surface area contributed by atoms with E-state index in [0.717, 1.165) is 13.1 Å². The van der Waals surface area contributed by atoms with E-state index in [4.69, 9.17) is 0 Å². The predicted molar refractivity (Wildman–Crippen MR) is 77.7 cm³/mol. The first-order valence-electron chi connectivity index (χ1n) is 7.51. The SMILES string of the molecule is CCCCCCC(C)n1cncc1CNCCC. The zero-order chi connectivity index (χ0) is 13.2. The van der Waals surface area contributed by atoms with Crippen molar-refractivity contribution in [2.45, 2.75) is 71.9 Å². The molecule has 0 amide bonds. The summed E-state index contributed by atoms with van der Waals surface area (Å²) in [4.78, 5) is 4.29. The van der Waals surface area contributed by atoms with Gasteiger partial charge in [0.15, 0.2) is 0 Å². The van der Waals surface area contributed by atoms with E-state index in [2.05, 4.69) is 35.6 Å². The molecule has 0 spiro atoms. The van der Waals surface area contributed by atoms with Crippen LogP contribution in [0.15, 0.2) is 12.5 Å². The molecular formula is C15H29N3. The van der Waals surface area contributed by atoms with Gasteiger partial charge in [0.05, 0.1) is 12.0 Å². The van der Waals surface area contributed by atoms with E-state index in [1.165, 1.54) is 44.2 Å². The van der Waals surface area contributed by atoms with Gasteiger partial charge in [-0.3, -0.25) is 0 Å². The van der Waals surface area contributed by atoms with Crippen molar-refractivity contribution in [3.8, 4) is 0 Å². The van der Waals surface area contributed by atoms with Crippen LogP contribution in [0.25, 0.3) is 0 Å². The number of nitrogens with zero attached hydrogens (tertiary/aromatic N) is 2. The lowest BCUT2D eigenvalue weighted by Crippen LogP contribution is -2.18. The molecule has 1 aromatic heterocycles. The monoisotopic (exact) mass is 251 g/mol. The largest absolute Gasteiger partial charge is 0.331 e. The fourth-order valence-corrected chi connectivity index (χ4v) is 2.26. The summed E-state index contributed by atoms with van der Waals surface area (Å²) < 4.78 is 2.33. The van der Waals surface area contributed by atoms with E-state index in [-0.39, 0.29) is 0 Å². The van der Waals surface area contributed by atoms with Crippen LogP contribution < -0.4 is 5.32 Å². The van der Waals surface area contributed by atoms with Gasteiger partial charge in [-0.2, -0.15) is 0 Å². The highest BCUT2D eigenvalue weighted by atomic mass is 15.1. The van der Waals surface area contributed by atoms with Crippen LogP contribution in [0, 0.1) is 0 Å². The smallest absolute Gasteiger partial charge is 0.0951 e. The van der Waals surface area contributed by atoms with Gasteiger partial charge in [-0.15, -0.1) is 0 Å². The van der Waals surface area contributed by atoms with Crippen LogP contribution in [0.5, 0.6) is 0 Å². The molecule has 0 saturated carbocycles. The number of imidazole rings is 1. The molecule has 0 saturated heterocycles. The fourth-order valence-electron chi connectivity index (χ4n) is 2.26. The highest BCUT2D eigenvalue weighted by Crippen LogP contribution is 2.17. The molecule has 1 aromatic rings. The van der Waals surface area contributed by atoms with Crippen LogP contribution in [0.3, 0.4) is 0 Å². The number of hydrogen-bond acceptors (Lipinski definition) is 2. The van der Waals surface area contributed by atoms with Crippen LogP contribution in [0.2, 0.25) is 0 Å². The third-order valence-electron chi connectivity index (χ3n) is 3.43. The molecule has 0 fully saturated rings. The highest BCUT2D eigenvalue weighted by Gasteiger charge is 2.08. The van der Waals surface area contributed by atoms with Gasteiger partial charge in [-0.1, -0.05) is 39.5 Å². The minimum absolute atomic E-state index is 0.572. The van der Waals surface area contributed by atoms with Crippen molar-refractivity contribution in [2.24, 2.45) is 0 Å². The molecule has 0 aliphatic rings. The van der Waals surface area contributed by atoms with Gasteiger partial charge in [0, 0.05) is 18.8 Å². The number of hydrogen-bond donors (Lipinski definition) is 1. The maximum atomic E-state index is 4.29. The van der Waals surface area contributed by atoms with Crippen molar-refractivity contribution in [2.75, 3.05) is 6.54 Å².